The van der Waals surface area contributed by atoms with Crippen molar-refractivity contribution in [2.75, 3.05) is 6.54 Å². The first-order valence-electron chi connectivity index (χ1n) is 11.2. The van der Waals surface area contributed by atoms with E-state index in [1.165, 1.54) is 6.42 Å². The number of aryl methyl sites for hydroxylation is 1. The van der Waals surface area contributed by atoms with Gasteiger partial charge >= 0.3 is 10.1 Å². The van der Waals surface area contributed by atoms with Gasteiger partial charge in [-0.1, -0.05) is 31.5 Å². The van der Waals surface area contributed by atoms with E-state index in [0.717, 1.165) is 24.8 Å². The molecule has 31 heavy (non-hydrogen) atoms. The summed E-state index contributed by atoms with van der Waals surface area (Å²) in [5.74, 6) is 0. The zero-order valence-corrected chi connectivity index (χ0v) is 21.6. The molecule has 6 nitrogen and oxygen atoms in total. The fraction of sp³-hybridized carbons (Fsp3) is 0.750. The molecule has 0 radical (unpaired) electrons. The van der Waals surface area contributed by atoms with Gasteiger partial charge in [-0.05, 0) is 91.7 Å². The van der Waals surface area contributed by atoms with Crippen LogP contribution in [0.1, 0.15) is 86.6 Å². The van der Waals surface area contributed by atoms with Gasteiger partial charge < -0.3 is 0 Å². The SMILES string of the molecule is Cc1ccc(S(=O)(=O)ONCC(C)(C)CC(C)(C)ON2C(C)(C)CCCC2(C)C)cc1. The summed E-state index contributed by atoms with van der Waals surface area (Å²) < 4.78 is 29.9. The third-order valence-electron chi connectivity index (χ3n) is 5.95. The number of hydroxylamine groups is 3. The lowest BCUT2D eigenvalue weighted by Gasteiger charge is -2.54. The molecule has 1 aliphatic heterocycles. The molecule has 7 heteroatoms. The minimum Gasteiger partial charge on any atom is -0.292 e. The molecule has 1 N–H and O–H groups in total. The van der Waals surface area contributed by atoms with Crippen molar-refractivity contribution in [3.63, 3.8) is 0 Å². The highest BCUT2D eigenvalue weighted by Gasteiger charge is 2.45. The van der Waals surface area contributed by atoms with E-state index in [0.29, 0.717) is 6.54 Å². The van der Waals surface area contributed by atoms with Crippen LogP contribution in [0.5, 0.6) is 0 Å². The smallest absolute Gasteiger partial charge is 0.292 e. The van der Waals surface area contributed by atoms with E-state index in [1.54, 1.807) is 24.3 Å². The number of nitrogens with one attached hydrogen (secondary N) is 1. The van der Waals surface area contributed by atoms with Crippen LogP contribution in [0.2, 0.25) is 0 Å². The molecule has 0 unspecified atom stereocenters. The molecule has 0 spiro atoms. The Morgan fingerprint density at radius 3 is 2.03 bits per heavy atom. The van der Waals surface area contributed by atoms with Crippen LogP contribution in [0.25, 0.3) is 0 Å². The lowest BCUT2D eigenvalue weighted by molar-refractivity contribution is -0.333. The Labute approximate surface area is 189 Å². The Morgan fingerprint density at radius 2 is 1.52 bits per heavy atom. The van der Waals surface area contributed by atoms with Crippen LogP contribution in [-0.4, -0.2) is 36.7 Å². The zero-order valence-electron chi connectivity index (χ0n) is 20.8. The maximum Gasteiger partial charge on any atom is 0.312 e. The van der Waals surface area contributed by atoms with Gasteiger partial charge in [0.15, 0.2) is 0 Å². The fourth-order valence-electron chi connectivity index (χ4n) is 4.77. The van der Waals surface area contributed by atoms with Crippen LogP contribution in [0.15, 0.2) is 29.2 Å². The van der Waals surface area contributed by atoms with Crippen LogP contribution < -0.4 is 5.48 Å². The predicted octanol–water partition coefficient (Wildman–Crippen LogP) is 5.37. The van der Waals surface area contributed by atoms with Crippen molar-refractivity contribution in [1.29, 1.82) is 0 Å². The number of hydrogen-bond acceptors (Lipinski definition) is 6. The van der Waals surface area contributed by atoms with Gasteiger partial charge in [-0.3, -0.25) is 4.84 Å². The van der Waals surface area contributed by atoms with E-state index in [4.69, 9.17) is 9.12 Å². The largest absolute Gasteiger partial charge is 0.312 e. The van der Waals surface area contributed by atoms with Gasteiger partial charge in [0.05, 0.1) is 10.5 Å². The summed E-state index contributed by atoms with van der Waals surface area (Å²) in [6.07, 6.45) is 4.12. The average Bonchev–Trinajstić information content (AvgIpc) is 2.57. The van der Waals surface area contributed by atoms with Crippen LogP contribution in [0.4, 0.5) is 0 Å². The molecule has 1 aliphatic rings. The fourth-order valence-corrected chi connectivity index (χ4v) is 5.55. The Kier molecular flexibility index (Phi) is 7.71. The Bertz CT molecular complexity index is 827. The second kappa shape index (κ2) is 9.10. The summed E-state index contributed by atoms with van der Waals surface area (Å²) in [4.78, 5) is 6.76. The maximum atomic E-state index is 12.4. The molecular formula is C24H42N2O4S. The number of piperidine rings is 1. The topological polar surface area (TPSA) is 67.9 Å². The number of nitrogens with zero attached hydrogens (tertiary/aromatic N) is 1. The van der Waals surface area contributed by atoms with E-state index >= 15 is 0 Å². The molecule has 178 valence electrons. The first-order chi connectivity index (χ1) is 14.0. The van der Waals surface area contributed by atoms with Gasteiger partial charge in [0.1, 0.15) is 0 Å². The third kappa shape index (κ3) is 7.26. The van der Waals surface area contributed by atoms with E-state index < -0.39 is 15.7 Å². The molecule has 0 aliphatic carbocycles. The molecule has 1 saturated heterocycles. The van der Waals surface area contributed by atoms with E-state index in [9.17, 15) is 8.42 Å². The van der Waals surface area contributed by atoms with Crippen molar-refractivity contribution in [2.24, 2.45) is 5.41 Å². The van der Waals surface area contributed by atoms with Gasteiger partial charge in [0.25, 0.3) is 0 Å². The third-order valence-corrected chi connectivity index (χ3v) is 7.14. The zero-order chi connectivity index (χ0) is 23.7. The molecule has 2 rings (SSSR count). The lowest BCUT2D eigenvalue weighted by Crippen LogP contribution is -2.61. The molecule has 1 heterocycles. The van der Waals surface area contributed by atoms with E-state index in [-0.39, 0.29) is 21.4 Å². The first kappa shape index (κ1) is 26.3. The first-order valence-corrected chi connectivity index (χ1v) is 12.6. The second-order valence-electron chi connectivity index (χ2n) is 11.6. The van der Waals surface area contributed by atoms with Crippen LogP contribution >= 0.6 is 0 Å². The standard InChI is InChI=1S/C24H42N2O4S/c1-19-11-13-20(14-12-19)31(27,28)30-25-18-21(2,3)17-24(8,9)29-26-22(4,5)15-10-16-23(26,6)7/h11-14,25H,10,15-18H2,1-9H3. The summed E-state index contributed by atoms with van der Waals surface area (Å²) >= 11 is 0. The molecule has 0 amide bonds. The second-order valence-corrected chi connectivity index (χ2v) is 13.2. The van der Waals surface area contributed by atoms with Gasteiger partial charge in [0, 0.05) is 17.6 Å². The van der Waals surface area contributed by atoms with Gasteiger partial charge in [-0.15, -0.1) is 0 Å². The van der Waals surface area contributed by atoms with Crippen molar-refractivity contribution < 1.29 is 17.5 Å². The Hall–Kier alpha value is -0.990. The highest BCUT2D eigenvalue weighted by Crippen LogP contribution is 2.41. The van der Waals surface area contributed by atoms with E-state index in [2.05, 4.69) is 65.9 Å². The summed E-state index contributed by atoms with van der Waals surface area (Å²) in [6.45, 7) is 19.6. The van der Waals surface area contributed by atoms with Crippen LogP contribution in [-0.2, 0) is 19.2 Å². The normalized spacial score (nSPS) is 20.0. The summed E-state index contributed by atoms with van der Waals surface area (Å²) in [7, 11) is -3.85. The molecule has 1 aromatic carbocycles. The molecule has 0 aromatic heterocycles. The van der Waals surface area contributed by atoms with Gasteiger partial charge in [-0.25, -0.2) is 0 Å². The lowest BCUT2D eigenvalue weighted by atomic mass is 9.80. The highest BCUT2D eigenvalue weighted by molar-refractivity contribution is 7.86. The molecule has 1 fully saturated rings. The van der Waals surface area contributed by atoms with Crippen molar-refractivity contribution in [2.45, 2.75) is 110 Å². The maximum absolute atomic E-state index is 12.4. The summed E-state index contributed by atoms with van der Waals surface area (Å²) in [6, 6.07) is 6.61. The van der Waals surface area contributed by atoms with E-state index in [1.807, 2.05) is 6.92 Å². The van der Waals surface area contributed by atoms with Crippen molar-refractivity contribution >= 4 is 10.1 Å². The van der Waals surface area contributed by atoms with Gasteiger partial charge in [-0.2, -0.15) is 23.2 Å². The predicted molar refractivity (Wildman–Crippen MR) is 125 cm³/mol. The number of hydrogen-bond donors (Lipinski definition) is 1. The summed E-state index contributed by atoms with van der Waals surface area (Å²) in [5, 5.41) is 2.19. The minimum atomic E-state index is -3.85. The molecule has 1 aromatic rings. The van der Waals surface area contributed by atoms with Crippen LogP contribution in [0, 0.1) is 12.3 Å². The molecule has 0 saturated carbocycles. The van der Waals surface area contributed by atoms with Crippen molar-refractivity contribution in [3.05, 3.63) is 29.8 Å². The monoisotopic (exact) mass is 454 g/mol. The molecular weight excluding hydrogens is 412 g/mol. The van der Waals surface area contributed by atoms with Crippen molar-refractivity contribution in [1.82, 2.24) is 10.5 Å². The Morgan fingerprint density at radius 1 is 1.00 bits per heavy atom. The molecule has 0 atom stereocenters. The minimum absolute atomic E-state index is 0.0351. The Balaban J connectivity index is 1.98. The van der Waals surface area contributed by atoms with Gasteiger partial charge in [0.2, 0.25) is 0 Å². The number of benzene rings is 1. The number of rotatable bonds is 9. The van der Waals surface area contributed by atoms with Crippen LogP contribution in [0.3, 0.4) is 0 Å². The summed E-state index contributed by atoms with van der Waals surface area (Å²) in [5.41, 5.74) is 2.93. The highest BCUT2D eigenvalue weighted by atomic mass is 32.2. The quantitative estimate of drug-likeness (QED) is 0.506. The molecule has 0 bridgehead atoms. The van der Waals surface area contributed by atoms with Crippen molar-refractivity contribution in [3.8, 4) is 0 Å². The average molecular weight is 455 g/mol.